The summed E-state index contributed by atoms with van der Waals surface area (Å²) in [6, 6.07) is 2.09. The van der Waals surface area contributed by atoms with Crippen LogP contribution in [-0.2, 0) is 11.3 Å². The number of nitrogens with one attached hydrogen (secondary N) is 1. The fourth-order valence-corrected chi connectivity index (χ4v) is 2.48. The van der Waals surface area contributed by atoms with Gasteiger partial charge < -0.3 is 15.0 Å². The van der Waals surface area contributed by atoms with Gasteiger partial charge in [0.1, 0.15) is 5.60 Å². The second-order valence-corrected chi connectivity index (χ2v) is 7.29. The minimum atomic E-state index is -0.462. The van der Waals surface area contributed by atoms with Crippen LogP contribution in [0.1, 0.15) is 46.4 Å². The van der Waals surface area contributed by atoms with Gasteiger partial charge in [0.15, 0.2) is 0 Å². The van der Waals surface area contributed by atoms with E-state index in [-0.39, 0.29) is 12.1 Å². The van der Waals surface area contributed by atoms with Crippen LogP contribution in [0.5, 0.6) is 0 Å². The Morgan fingerprint density at radius 3 is 2.86 bits per heavy atom. The Hall–Kier alpha value is -1.56. The van der Waals surface area contributed by atoms with Crippen molar-refractivity contribution in [3.05, 3.63) is 18.0 Å². The van der Waals surface area contributed by atoms with E-state index < -0.39 is 5.60 Å². The smallest absolute Gasteiger partial charge is 0.410 e. The number of carbonyl (C=O) groups is 1. The highest BCUT2D eigenvalue weighted by Gasteiger charge is 2.29. The van der Waals surface area contributed by atoms with Crippen molar-refractivity contribution in [3.63, 3.8) is 0 Å². The van der Waals surface area contributed by atoms with E-state index in [0.29, 0.717) is 19.0 Å². The van der Waals surface area contributed by atoms with Crippen LogP contribution in [0, 0.1) is 5.92 Å². The molecule has 1 aromatic heterocycles. The van der Waals surface area contributed by atoms with Crippen molar-refractivity contribution >= 4 is 6.09 Å². The Labute approximate surface area is 132 Å². The quantitative estimate of drug-likeness (QED) is 0.931. The zero-order valence-corrected chi connectivity index (χ0v) is 14.3. The zero-order chi connectivity index (χ0) is 16.3. The molecule has 0 aromatic carbocycles. The van der Waals surface area contributed by atoms with Crippen molar-refractivity contribution in [1.82, 2.24) is 20.0 Å². The molecule has 1 saturated heterocycles. The molecule has 0 radical (unpaired) electrons. The highest BCUT2D eigenvalue weighted by Crippen LogP contribution is 2.18. The minimum Gasteiger partial charge on any atom is -0.444 e. The third-order valence-corrected chi connectivity index (χ3v) is 3.40. The molecule has 1 aliphatic rings. The normalized spacial score (nSPS) is 19.5. The molecule has 1 amide bonds. The number of hydrogen-bond donors (Lipinski definition) is 1. The highest BCUT2D eigenvalue weighted by atomic mass is 16.6. The number of ether oxygens (including phenoxy) is 1. The van der Waals surface area contributed by atoms with Crippen molar-refractivity contribution in [3.8, 4) is 0 Å². The predicted molar refractivity (Wildman–Crippen MR) is 85.6 cm³/mol. The van der Waals surface area contributed by atoms with Crippen LogP contribution in [0.3, 0.4) is 0 Å². The van der Waals surface area contributed by atoms with Crippen LogP contribution in [0.25, 0.3) is 0 Å². The van der Waals surface area contributed by atoms with Crippen LogP contribution in [0.4, 0.5) is 4.79 Å². The molecule has 1 aliphatic heterocycles. The van der Waals surface area contributed by atoms with E-state index in [9.17, 15) is 4.79 Å². The highest BCUT2D eigenvalue weighted by molar-refractivity contribution is 5.68. The second-order valence-electron chi connectivity index (χ2n) is 7.29. The van der Waals surface area contributed by atoms with Gasteiger partial charge in [-0.1, -0.05) is 13.8 Å². The first-order valence-electron chi connectivity index (χ1n) is 7.99. The fraction of sp³-hybridized carbons (Fsp3) is 0.750. The molecule has 0 bridgehead atoms. The van der Waals surface area contributed by atoms with Gasteiger partial charge in [0, 0.05) is 32.4 Å². The number of hydrogen-bond acceptors (Lipinski definition) is 4. The molecule has 1 fully saturated rings. The standard InChI is InChI=1S/C16H28N4O2/c1-12(2)10-20-8-6-13(18-20)14-11-19(9-7-17-14)15(21)22-16(3,4)5/h6,8,12,14,17H,7,9-11H2,1-5H3. The van der Waals surface area contributed by atoms with E-state index in [1.54, 1.807) is 4.90 Å². The van der Waals surface area contributed by atoms with Crippen LogP contribution in [0.15, 0.2) is 12.3 Å². The summed E-state index contributed by atoms with van der Waals surface area (Å²) in [7, 11) is 0. The lowest BCUT2D eigenvalue weighted by Crippen LogP contribution is -2.49. The number of nitrogens with zero attached hydrogens (tertiary/aromatic N) is 3. The SMILES string of the molecule is CC(C)Cn1ccc(C2CN(C(=O)OC(C)(C)C)CCN2)n1. The third kappa shape index (κ3) is 4.73. The Morgan fingerprint density at radius 2 is 2.23 bits per heavy atom. The number of aromatic nitrogens is 2. The molecule has 6 heteroatoms. The molecule has 0 spiro atoms. The molecule has 6 nitrogen and oxygen atoms in total. The average molecular weight is 308 g/mol. The number of piperazine rings is 1. The molecule has 2 heterocycles. The maximum Gasteiger partial charge on any atom is 0.410 e. The van der Waals surface area contributed by atoms with Crippen molar-refractivity contribution in [1.29, 1.82) is 0 Å². The van der Waals surface area contributed by atoms with Gasteiger partial charge in [-0.15, -0.1) is 0 Å². The van der Waals surface area contributed by atoms with Gasteiger partial charge in [-0.2, -0.15) is 5.10 Å². The molecule has 1 atom stereocenters. The molecular formula is C16H28N4O2. The van der Waals surface area contributed by atoms with E-state index in [2.05, 4.69) is 24.3 Å². The average Bonchev–Trinajstić information content (AvgIpc) is 2.84. The van der Waals surface area contributed by atoms with E-state index in [0.717, 1.165) is 18.8 Å². The third-order valence-electron chi connectivity index (χ3n) is 3.40. The zero-order valence-electron chi connectivity index (χ0n) is 14.3. The van der Waals surface area contributed by atoms with Crippen LogP contribution in [-0.4, -0.2) is 46.0 Å². The lowest BCUT2D eigenvalue weighted by Gasteiger charge is -2.34. The van der Waals surface area contributed by atoms with Gasteiger partial charge in [0.25, 0.3) is 0 Å². The number of carbonyl (C=O) groups excluding carboxylic acids is 1. The Balaban J connectivity index is 1.98. The second kappa shape index (κ2) is 6.69. The Morgan fingerprint density at radius 1 is 1.50 bits per heavy atom. The number of amides is 1. The fourth-order valence-electron chi connectivity index (χ4n) is 2.48. The summed E-state index contributed by atoms with van der Waals surface area (Å²) in [5, 5.41) is 8.04. The van der Waals surface area contributed by atoms with Gasteiger partial charge in [0.2, 0.25) is 0 Å². The van der Waals surface area contributed by atoms with E-state index >= 15 is 0 Å². The molecule has 22 heavy (non-hydrogen) atoms. The van der Waals surface area contributed by atoms with Crippen molar-refractivity contribution in [2.75, 3.05) is 19.6 Å². The molecule has 0 aliphatic carbocycles. The first kappa shape index (κ1) is 16.8. The minimum absolute atomic E-state index is 0.0645. The van der Waals surface area contributed by atoms with Gasteiger partial charge in [0.05, 0.1) is 11.7 Å². The molecule has 2 rings (SSSR count). The molecule has 1 N–H and O–H groups in total. The molecule has 1 unspecified atom stereocenters. The van der Waals surface area contributed by atoms with Gasteiger partial charge in [-0.3, -0.25) is 4.68 Å². The van der Waals surface area contributed by atoms with Gasteiger partial charge in [-0.05, 0) is 32.8 Å². The first-order valence-corrected chi connectivity index (χ1v) is 7.99. The lowest BCUT2D eigenvalue weighted by molar-refractivity contribution is 0.0193. The largest absolute Gasteiger partial charge is 0.444 e. The van der Waals surface area contributed by atoms with Gasteiger partial charge in [-0.25, -0.2) is 4.79 Å². The molecular weight excluding hydrogens is 280 g/mol. The summed E-state index contributed by atoms with van der Waals surface area (Å²) in [6.07, 6.45) is 1.75. The summed E-state index contributed by atoms with van der Waals surface area (Å²) >= 11 is 0. The van der Waals surface area contributed by atoms with E-state index in [1.807, 2.05) is 37.7 Å². The lowest BCUT2D eigenvalue weighted by atomic mass is 10.1. The molecule has 1 aromatic rings. The van der Waals surface area contributed by atoms with Crippen molar-refractivity contribution < 1.29 is 9.53 Å². The molecule has 0 saturated carbocycles. The monoisotopic (exact) mass is 308 g/mol. The Bertz CT molecular complexity index is 504. The van der Waals surface area contributed by atoms with Crippen LogP contribution in [0.2, 0.25) is 0 Å². The Kier molecular flexibility index (Phi) is 5.11. The number of rotatable bonds is 3. The van der Waals surface area contributed by atoms with E-state index in [4.69, 9.17) is 4.74 Å². The maximum atomic E-state index is 12.2. The summed E-state index contributed by atoms with van der Waals surface area (Å²) in [4.78, 5) is 13.9. The summed E-state index contributed by atoms with van der Waals surface area (Å²) in [5.74, 6) is 0.560. The van der Waals surface area contributed by atoms with Crippen molar-refractivity contribution in [2.45, 2.75) is 52.8 Å². The van der Waals surface area contributed by atoms with Crippen molar-refractivity contribution in [2.24, 2.45) is 5.92 Å². The summed E-state index contributed by atoms with van der Waals surface area (Å²) in [5.41, 5.74) is 0.518. The van der Waals surface area contributed by atoms with E-state index in [1.165, 1.54) is 0 Å². The topological polar surface area (TPSA) is 59.4 Å². The first-order chi connectivity index (χ1) is 10.2. The summed E-state index contributed by atoms with van der Waals surface area (Å²) < 4.78 is 7.42. The van der Waals surface area contributed by atoms with Crippen LogP contribution < -0.4 is 5.32 Å². The van der Waals surface area contributed by atoms with Crippen LogP contribution >= 0.6 is 0 Å². The molecule has 124 valence electrons. The maximum absolute atomic E-state index is 12.2. The summed E-state index contributed by atoms with van der Waals surface area (Å²) in [6.45, 7) is 12.9. The van der Waals surface area contributed by atoms with Gasteiger partial charge >= 0.3 is 6.09 Å². The predicted octanol–water partition coefficient (Wildman–Crippen LogP) is 2.42.